The molecule has 0 bridgehead atoms. The Balaban J connectivity index is 2.22. The zero-order valence-corrected chi connectivity index (χ0v) is 9.10. The number of ether oxygens (including phenoxy) is 1. The van der Waals surface area contributed by atoms with E-state index in [4.69, 9.17) is 10.5 Å². The topological polar surface area (TPSA) is 48.1 Å². The molecule has 3 nitrogen and oxygen atoms in total. The summed E-state index contributed by atoms with van der Waals surface area (Å²) >= 11 is 1.54. The third-order valence-corrected chi connectivity index (χ3v) is 3.46. The Morgan fingerprint density at radius 2 is 2.33 bits per heavy atom. The molecule has 0 amide bonds. The first-order chi connectivity index (χ1) is 7.28. The van der Waals surface area contributed by atoms with Gasteiger partial charge >= 0.3 is 0 Å². The quantitative estimate of drug-likeness (QED) is 0.748. The van der Waals surface area contributed by atoms with Gasteiger partial charge in [-0.05, 0) is 35.8 Å². The zero-order chi connectivity index (χ0) is 10.4. The van der Waals surface area contributed by atoms with E-state index in [0.29, 0.717) is 5.13 Å². The maximum Gasteiger partial charge on any atom is 0.181 e. The Morgan fingerprint density at radius 1 is 1.47 bits per heavy atom. The number of nitrogens with zero attached hydrogens (tertiary/aromatic N) is 1. The predicted octanol–water partition coefficient (Wildman–Crippen LogP) is 0.531. The molecule has 0 aromatic carbocycles. The molecule has 2 aliphatic carbocycles. The second-order valence-corrected chi connectivity index (χ2v) is 4.56. The molecule has 0 aliphatic heterocycles. The molecule has 2 aliphatic rings. The number of nitrogens with two attached hydrogens (primary N) is 1. The van der Waals surface area contributed by atoms with Gasteiger partial charge in [0.05, 0.1) is 17.0 Å². The second-order valence-electron chi connectivity index (χ2n) is 3.50. The number of fused-ring (bicyclic) bond motifs is 2. The van der Waals surface area contributed by atoms with E-state index in [-0.39, 0.29) is 0 Å². The van der Waals surface area contributed by atoms with Crippen molar-refractivity contribution in [1.82, 2.24) is 4.98 Å². The lowest BCUT2D eigenvalue weighted by Crippen LogP contribution is -2.19. The van der Waals surface area contributed by atoms with E-state index in [2.05, 4.69) is 17.1 Å². The second kappa shape index (κ2) is 2.97. The molecule has 0 spiro atoms. The first-order valence-electron chi connectivity index (χ1n) is 4.71. The highest BCUT2D eigenvalue weighted by molar-refractivity contribution is 7.13. The molecule has 0 atom stereocenters. The highest BCUT2D eigenvalue weighted by Gasteiger charge is 2.17. The van der Waals surface area contributed by atoms with E-state index in [0.717, 1.165) is 17.5 Å². The fourth-order valence-corrected chi connectivity index (χ4v) is 2.74. The molecule has 76 valence electrons. The highest BCUT2D eigenvalue weighted by atomic mass is 32.1. The SMILES string of the molecule is COC1=CCC2=c3nc(N)sc3=CC2=C1. The first-order valence-corrected chi connectivity index (χ1v) is 5.53. The molecule has 1 aromatic heterocycles. The summed E-state index contributed by atoms with van der Waals surface area (Å²) in [6.07, 6.45) is 7.12. The molecule has 2 N–H and O–H groups in total. The van der Waals surface area contributed by atoms with Crippen molar-refractivity contribution in [2.75, 3.05) is 12.8 Å². The molecule has 0 fully saturated rings. The summed E-state index contributed by atoms with van der Waals surface area (Å²) < 4.78 is 6.37. The number of hydrogen-bond donors (Lipinski definition) is 1. The van der Waals surface area contributed by atoms with Crippen molar-refractivity contribution in [1.29, 1.82) is 0 Å². The summed E-state index contributed by atoms with van der Waals surface area (Å²) in [5, 5.41) is 1.69. The Hall–Kier alpha value is -1.55. The van der Waals surface area contributed by atoms with Gasteiger partial charge in [-0.2, -0.15) is 0 Å². The van der Waals surface area contributed by atoms with Crippen LogP contribution >= 0.6 is 11.3 Å². The number of anilines is 1. The molecular weight excluding hydrogens is 208 g/mol. The van der Waals surface area contributed by atoms with Crippen molar-refractivity contribution in [2.45, 2.75) is 6.42 Å². The van der Waals surface area contributed by atoms with Crippen molar-refractivity contribution in [3.8, 4) is 0 Å². The lowest BCUT2D eigenvalue weighted by atomic mass is 10.0. The first kappa shape index (κ1) is 8.73. The summed E-state index contributed by atoms with van der Waals surface area (Å²) in [7, 11) is 1.69. The summed E-state index contributed by atoms with van der Waals surface area (Å²) in [6, 6.07) is 0. The number of allylic oxidation sites excluding steroid dienone is 3. The largest absolute Gasteiger partial charge is 0.497 e. The van der Waals surface area contributed by atoms with E-state index < -0.39 is 0 Å². The lowest BCUT2D eigenvalue weighted by molar-refractivity contribution is 0.305. The van der Waals surface area contributed by atoms with Gasteiger partial charge in [0.15, 0.2) is 5.13 Å². The van der Waals surface area contributed by atoms with Crippen LogP contribution in [-0.2, 0) is 4.74 Å². The van der Waals surface area contributed by atoms with Gasteiger partial charge in [0.2, 0.25) is 0 Å². The normalized spacial score (nSPS) is 17.5. The number of aromatic nitrogens is 1. The van der Waals surface area contributed by atoms with Gasteiger partial charge in [-0.15, -0.1) is 0 Å². The minimum Gasteiger partial charge on any atom is -0.497 e. The molecule has 0 radical (unpaired) electrons. The Morgan fingerprint density at radius 3 is 3.13 bits per heavy atom. The molecule has 4 heteroatoms. The van der Waals surface area contributed by atoms with Crippen LogP contribution in [0.2, 0.25) is 0 Å². The van der Waals surface area contributed by atoms with Crippen LogP contribution in [0.1, 0.15) is 6.42 Å². The van der Waals surface area contributed by atoms with Gasteiger partial charge < -0.3 is 10.5 Å². The minimum atomic E-state index is 0.643. The van der Waals surface area contributed by atoms with Crippen molar-refractivity contribution in [3.63, 3.8) is 0 Å². The zero-order valence-electron chi connectivity index (χ0n) is 8.28. The van der Waals surface area contributed by atoms with Gasteiger partial charge in [-0.3, -0.25) is 0 Å². The Bertz CT molecular complexity index is 607. The maximum atomic E-state index is 5.68. The molecule has 3 rings (SSSR count). The standard InChI is InChI=1S/C11H10N2OS/c1-14-7-2-3-8-6(4-7)5-9-10(8)13-11(12)15-9/h2,4-5H,3H2,1H3,(H2,12,13). The monoisotopic (exact) mass is 218 g/mol. The van der Waals surface area contributed by atoms with Crippen LogP contribution in [0, 0.1) is 0 Å². The average molecular weight is 218 g/mol. The molecule has 1 heterocycles. The van der Waals surface area contributed by atoms with Gasteiger partial charge in [0.1, 0.15) is 5.76 Å². The fraction of sp³-hybridized carbons (Fsp3) is 0.182. The molecule has 0 saturated carbocycles. The highest BCUT2D eigenvalue weighted by Crippen LogP contribution is 2.26. The number of rotatable bonds is 1. The van der Waals surface area contributed by atoms with E-state index >= 15 is 0 Å². The molecule has 1 aromatic rings. The summed E-state index contributed by atoms with van der Waals surface area (Å²) in [5.74, 6) is 0.924. The molecule has 15 heavy (non-hydrogen) atoms. The van der Waals surface area contributed by atoms with E-state index in [1.807, 2.05) is 6.08 Å². The summed E-state index contributed by atoms with van der Waals surface area (Å²) in [5.41, 5.74) is 8.15. The number of hydrogen-bond acceptors (Lipinski definition) is 4. The van der Waals surface area contributed by atoms with Crippen LogP contribution in [0.15, 0.2) is 23.5 Å². The van der Waals surface area contributed by atoms with Crippen molar-refractivity contribution < 1.29 is 4.74 Å². The third-order valence-electron chi connectivity index (χ3n) is 2.63. The lowest BCUT2D eigenvalue weighted by Gasteiger charge is -2.10. The van der Waals surface area contributed by atoms with Crippen LogP contribution in [0.5, 0.6) is 0 Å². The number of nitrogen functional groups attached to an aromatic ring is 1. The van der Waals surface area contributed by atoms with E-state index in [1.165, 1.54) is 27.0 Å². The smallest absolute Gasteiger partial charge is 0.181 e. The van der Waals surface area contributed by atoms with E-state index in [1.54, 1.807) is 7.11 Å². The van der Waals surface area contributed by atoms with Crippen LogP contribution in [-0.4, -0.2) is 12.1 Å². The average Bonchev–Trinajstić information content (AvgIpc) is 2.72. The number of methoxy groups -OCH3 is 1. The van der Waals surface area contributed by atoms with Crippen molar-refractivity contribution in [3.05, 3.63) is 33.4 Å². The molecule has 0 unspecified atom stereocenters. The van der Waals surface area contributed by atoms with Gasteiger partial charge in [-0.1, -0.05) is 11.3 Å². The Kier molecular flexibility index (Phi) is 1.73. The number of thiazole rings is 1. The fourth-order valence-electron chi connectivity index (χ4n) is 1.93. The van der Waals surface area contributed by atoms with Crippen LogP contribution < -0.4 is 15.6 Å². The van der Waals surface area contributed by atoms with Gasteiger partial charge in [0, 0.05) is 0 Å². The Labute approximate surface area is 90.9 Å². The predicted molar refractivity (Wildman–Crippen MR) is 61.4 cm³/mol. The summed E-state index contributed by atoms with van der Waals surface area (Å²) in [4.78, 5) is 4.34. The van der Waals surface area contributed by atoms with Crippen LogP contribution in [0.3, 0.4) is 0 Å². The van der Waals surface area contributed by atoms with Crippen molar-refractivity contribution >= 4 is 28.1 Å². The summed E-state index contributed by atoms with van der Waals surface area (Å²) in [6.45, 7) is 0. The van der Waals surface area contributed by atoms with Crippen molar-refractivity contribution in [2.24, 2.45) is 0 Å². The van der Waals surface area contributed by atoms with Crippen LogP contribution in [0.4, 0.5) is 5.13 Å². The third kappa shape index (κ3) is 1.22. The van der Waals surface area contributed by atoms with Crippen LogP contribution in [0.25, 0.3) is 11.6 Å². The van der Waals surface area contributed by atoms with E-state index in [9.17, 15) is 0 Å². The molecular formula is C11H10N2OS. The van der Waals surface area contributed by atoms with Gasteiger partial charge in [-0.25, -0.2) is 4.98 Å². The minimum absolute atomic E-state index is 0.643. The maximum absolute atomic E-state index is 5.68. The van der Waals surface area contributed by atoms with Gasteiger partial charge in [0.25, 0.3) is 0 Å². The molecule has 0 saturated heterocycles.